The van der Waals surface area contributed by atoms with Gasteiger partial charge in [0.15, 0.2) is 0 Å². The van der Waals surface area contributed by atoms with Crippen LogP contribution in [0.15, 0.2) is 150 Å². The molecule has 0 aliphatic rings. The quantitative estimate of drug-likeness (QED) is 0.155. The minimum atomic E-state index is 0.915. The topological polar surface area (TPSA) is 30.4 Å². The van der Waals surface area contributed by atoms with Crippen LogP contribution in [0.4, 0.5) is 0 Å². The molecule has 0 aliphatic heterocycles. The molecule has 204 valence electrons. The SMILES string of the molecule is c1cc(-c2ccc3c(c2)c2cc4ccccc4cc2c2nc4ccccc4n32)cc(-c2cccc3c2oc2ccccc23)c1. The average Bonchev–Trinajstić information content (AvgIpc) is 3.67. The zero-order valence-electron chi connectivity index (χ0n) is 23.7. The number of nitrogens with zero attached hydrogens (tertiary/aromatic N) is 2. The van der Waals surface area contributed by atoms with Crippen molar-refractivity contribution in [2.75, 3.05) is 0 Å². The highest BCUT2D eigenvalue weighted by molar-refractivity contribution is 6.18. The first-order valence-electron chi connectivity index (χ1n) is 15.0. The third-order valence-corrected chi connectivity index (χ3v) is 9.13. The van der Waals surface area contributed by atoms with Crippen molar-refractivity contribution in [1.29, 1.82) is 0 Å². The van der Waals surface area contributed by atoms with Crippen LogP contribution in [0.2, 0.25) is 0 Å². The van der Waals surface area contributed by atoms with Gasteiger partial charge < -0.3 is 4.42 Å². The van der Waals surface area contributed by atoms with Crippen LogP contribution in [0, 0.1) is 0 Å². The Morgan fingerprint density at radius 1 is 0.455 bits per heavy atom. The van der Waals surface area contributed by atoms with E-state index in [0.717, 1.165) is 60.6 Å². The van der Waals surface area contributed by atoms with Crippen LogP contribution in [0.25, 0.3) is 93.3 Å². The third kappa shape index (κ3) is 3.29. The van der Waals surface area contributed by atoms with Crippen molar-refractivity contribution in [1.82, 2.24) is 9.38 Å². The van der Waals surface area contributed by atoms with Crippen molar-refractivity contribution in [2.45, 2.75) is 0 Å². The van der Waals surface area contributed by atoms with Crippen LogP contribution in [-0.4, -0.2) is 9.38 Å². The highest BCUT2D eigenvalue weighted by Gasteiger charge is 2.16. The molecule has 10 aromatic rings. The monoisotopic (exact) mass is 560 g/mol. The van der Waals surface area contributed by atoms with Gasteiger partial charge >= 0.3 is 0 Å². The van der Waals surface area contributed by atoms with E-state index in [0.29, 0.717) is 0 Å². The second kappa shape index (κ2) is 8.79. The predicted molar refractivity (Wildman–Crippen MR) is 183 cm³/mol. The summed E-state index contributed by atoms with van der Waals surface area (Å²) >= 11 is 0. The molecule has 0 saturated carbocycles. The summed E-state index contributed by atoms with van der Waals surface area (Å²) in [6, 6.07) is 52.0. The summed E-state index contributed by atoms with van der Waals surface area (Å²) in [5.41, 5.74) is 10.7. The summed E-state index contributed by atoms with van der Waals surface area (Å²) in [4.78, 5) is 5.12. The maximum Gasteiger partial charge on any atom is 0.146 e. The summed E-state index contributed by atoms with van der Waals surface area (Å²) in [6.07, 6.45) is 0. The number of hydrogen-bond donors (Lipinski definition) is 0. The van der Waals surface area contributed by atoms with Gasteiger partial charge in [-0.3, -0.25) is 4.40 Å². The Morgan fingerprint density at radius 3 is 2.11 bits per heavy atom. The Hall–Kier alpha value is -5.93. The molecule has 0 aliphatic carbocycles. The molecule has 0 amide bonds. The summed E-state index contributed by atoms with van der Waals surface area (Å²) in [5.74, 6) is 0. The summed E-state index contributed by atoms with van der Waals surface area (Å²) in [7, 11) is 0. The molecule has 3 aromatic heterocycles. The molecule has 0 unspecified atom stereocenters. The Bertz CT molecular complexity index is 2780. The van der Waals surface area contributed by atoms with Crippen LogP contribution in [0.1, 0.15) is 0 Å². The first kappa shape index (κ1) is 23.6. The maximum atomic E-state index is 6.38. The zero-order valence-corrected chi connectivity index (χ0v) is 23.7. The highest BCUT2D eigenvalue weighted by Crippen LogP contribution is 2.39. The van der Waals surface area contributed by atoms with Crippen LogP contribution < -0.4 is 0 Å². The van der Waals surface area contributed by atoms with Crippen molar-refractivity contribution in [3.63, 3.8) is 0 Å². The molecule has 0 fully saturated rings. The molecule has 7 aromatic carbocycles. The fourth-order valence-corrected chi connectivity index (χ4v) is 7.07. The van der Waals surface area contributed by atoms with E-state index in [1.54, 1.807) is 0 Å². The van der Waals surface area contributed by atoms with E-state index in [9.17, 15) is 0 Å². The number of imidazole rings is 1. The molecular formula is C41H24N2O. The lowest BCUT2D eigenvalue weighted by atomic mass is 9.95. The number of aromatic nitrogens is 2. The first-order chi connectivity index (χ1) is 21.8. The molecule has 0 radical (unpaired) electrons. The van der Waals surface area contributed by atoms with Gasteiger partial charge in [-0.15, -0.1) is 0 Å². The van der Waals surface area contributed by atoms with Crippen LogP contribution in [-0.2, 0) is 0 Å². The van der Waals surface area contributed by atoms with Crippen molar-refractivity contribution >= 4 is 71.1 Å². The molecule has 10 rings (SSSR count). The lowest BCUT2D eigenvalue weighted by Crippen LogP contribution is -1.93. The number of hydrogen-bond acceptors (Lipinski definition) is 2. The molecule has 44 heavy (non-hydrogen) atoms. The largest absolute Gasteiger partial charge is 0.455 e. The van der Waals surface area contributed by atoms with Crippen molar-refractivity contribution < 1.29 is 4.42 Å². The van der Waals surface area contributed by atoms with E-state index in [-0.39, 0.29) is 0 Å². The highest BCUT2D eigenvalue weighted by atomic mass is 16.3. The Kier molecular flexibility index (Phi) is 4.72. The number of furan rings is 1. The van der Waals surface area contributed by atoms with Gasteiger partial charge in [0.1, 0.15) is 16.8 Å². The number of benzene rings is 7. The van der Waals surface area contributed by atoms with E-state index in [2.05, 4.69) is 138 Å². The molecular weight excluding hydrogens is 536 g/mol. The molecule has 3 heterocycles. The van der Waals surface area contributed by atoms with Gasteiger partial charge in [0.25, 0.3) is 0 Å². The van der Waals surface area contributed by atoms with Gasteiger partial charge in [-0.05, 0) is 81.4 Å². The minimum absolute atomic E-state index is 0.915. The number of pyridine rings is 1. The molecule has 0 atom stereocenters. The second-order valence-corrected chi connectivity index (χ2v) is 11.6. The van der Waals surface area contributed by atoms with E-state index in [1.165, 1.54) is 32.7 Å². The molecule has 0 spiro atoms. The maximum absolute atomic E-state index is 6.38. The van der Waals surface area contributed by atoms with Gasteiger partial charge in [-0.25, -0.2) is 4.98 Å². The normalized spacial score (nSPS) is 12.1. The van der Waals surface area contributed by atoms with Crippen molar-refractivity contribution in [3.8, 4) is 22.3 Å². The Balaban J connectivity index is 1.24. The molecule has 0 saturated heterocycles. The van der Waals surface area contributed by atoms with Crippen LogP contribution in [0.3, 0.4) is 0 Å². The fourth-order valence-electron chi connectivity index (χ4n) is 7.07. The Labute approximate surface area is 252 Å². The van der Waals surface area contributed by atoms with Crippen LogP contribution in [0.5, 0.6) is 0 Å². The second-order valence-electron chi connectivity index (χ2n) is 11.6. The third-order valence-electron chi connectivity index (χ3n) is 9.13. The van der Waals surface area contributed by atoms with Gasteiger partial charge in [0.2, 0.25) is 0 Å². The lowest BCUT2D eigenvalue weighted by Gasteiger charge is -2.13. The van der Waals surface area contributed by atoms with Gasteiger partial charge in [0, 0.05) is 27.1 Å². The van der Waals surface area contributed by atoms with E-state index in [1.807, 2.05) is 12.1 Å². The molecule has 3 nitrogen and oxygen atoms in total. The van der Waals surface area contributed by atoms with Crippen LogP contribution >= 0.6 is 0 Å². The van der Waals surface area contributed by atoms with Gasteiger partial charge in [-0.2, -0.15) is 0 Å². The number of fused-ring (bicyclic) bond motifs is 12. The number of rotatable bonds is 2. The standard InChI is InChI=1S/C41H24N2O/c1-2-10-27-24-35-33(22-26(27)9-1)34-23-28(19-20-37(34)43-38-17-5-4-16-36(38)42-41(35)43)25-11-7-12-29(21-25)30-14-8-15-32-31-13-3-6-18-39(31)44-40(30)32/h1-24H. The first-order valence-corrected chi connectivity index (χ1v) is 15.0. The fraction of sp³-hybridized carbons (Fsp3) is 0. The van der Waals surface area contributed by atoms with Crippen molar-refractivity contribution in [3.05, 3.63) is 146 Å². The smallest absolute Gasteiger partial charge is 0.146 e. The zero-order chi connectivity index (χ0) is 28.8. The minimum Gasteiger partial charge on any atom is -0.455 e. The van der Waals surface area contributed by atoms with E-state index < -0.39 is 0 Å². The molecule has 0 N–H and O–H groups in total. The Morgan fingerprint density at radius 2 is 1.18 bits per heavy atom. The average molecular weight is 561 g/mol. The summed E-state index contributed by atoms with van der Waals surface area (Å²) in [5, 5.41) is 8.33. The van der Waals surface area contributed by atoms with E-state index >= 15 is 0 Å². The number of para-hydroxylation sites is 4. The molecule has 0 bridgehead atoms. The summed E-state index contributed by atoms with van der Waals surface area (Å²) in [6.45, 7) is 0. The van der Waals surface area contributed by atoms with Crippen molar-refractivity contribution in [2.24, 2.45) is 0 Å². The predicted octanol–water partition coefficient (Wildman–Crippen LogP) is 11.2. The lowest BCUT2D eigenvalue weighted by molar-refractivity contribution is 0.670. The molecule has 3 heteroatoms. The summed E-state index contributed by atoms with van der Waals surface area (Å²) < 4.78 is 8.71. The van der Waals surface area contributed by atoms with Gasteiger partial charge in [-0.1, -0.05) is 97.1 Å². The van der Waals surface area contributed by atoms with E-state index in [4.69, 9.17) is 9.40 Å². The van der Waals surface area contributed by atoms with Gasteiger partial charge in [0.05, 0.1) is 16.6 Å².